The van der Waals surface area contributed by atoms with E-state index in [1.54, 1.807) is 35.2 Å². The Morgan fingerprint density at radius 2 is 1.55 bits per heavy atom. The van der Waals surface area contributed by atoms with Crippen molar-refractivity contribution in [2.75, 3.05) is 25.5 Å². The predicted molar refractivity (Wildman–Crippen MR) is 207 cm³/mol. The zero-order valence-corrected chi connectivity index (χ0v) is 31.5. The number of aromatic nitrogens is 5. The second kappa shape index (κ2) is 17.9. The van der Waals surface area contributed by atoms with E-state index in [9.17, 15) is 14.4 Å². The largest absolute Gasteiger partial charge is 0.368 e. The van der Waals surface area contributed by atoms with Crippen LogP contribution in [0.1, 0.15) is 73.1 Å². The highest BCUT2D eigenvalue weighted by Crippen LogP contribution is 2.33. The number of H-pyrrole nitrogens is 1. The van der Waals surface area contributed by atoms with Crippen molar-refractivity contribution in [1.82, 2.24) is 35.8 Å². The van der Waals surface area contributed by atoms with E-state index in [0.717, 1.165) is 66.5 Å². The van der Waals surface area contributed by atoms with Gasteiger partial charge in [-0.25, -0.2) is 4.98 Å². The Labute approximate surface area is 317 Å². The van der Waals surface area contributed by atoms with Crippen LogP contribution in [0.15, 0.2) is 60.7 Å². The zero-order chi connectivity index (χ0) is 36.8. The number of nitrogens with one attached hydrogen (secondary N) is 2. The second-order valence-electron chi connectivity index (χ2n) is 14.5. The first kappa shape index (κ1) is 39.5. The van der Waals surface area contributed by atoms with Crippen LogP contribution in [0, 0.1) is 18.8 Å². The van der Waals surface area contributed by atoms with Crippen molar-refractivity contribution in [3.63, 3.8) is 0 Å². The molecule has 2 aliphatic rings. The van der Waals surface area contributed by atoms with E-state index in [-0.39, 0.29) is 42.6 Å². The van der Waals surface area contributed by atoms with Crippen LogP contribution in [0.4, 0.5) is 5.69 Å². The average Bonchev–Trinajstić information content (AvgIpc) is 3.71. The van der Waals surface area contributed by atoms with Gasteiger partial charge < -0.3 is 21.7 Å². The number of hydrogen-bond donors (Lipinski definition) is 4. The smallest absolute Gasteiger partial charge is 0.270 e. The van der Waals surface area contributed by atoms with Crippen molar-refractivity contribution in [2.24, 2.45) is 23.3 Å². The standard InChI is InChI=1S/C39H50N10O3.ClH/c1-24-33(20-21-34(42-24)38(51)43-30-14-18-31(19-15-30)48(2)3)27-8-4-25(5-9-27)22-35(36(41)50)49(39(52)29-10-6-26(23-40)7-11-29)32-16-12-28(13-17-32)37-44-46-47-45-37;/h4-5,8-9,12-13,16-17,20-21,26,29-31,35H,6-7,10-11,14-15,18-19,22-23,40H2,1-3H3,(H2,41,50)(H,43,51)(H,44,45,46,47);1H/t26?,29?,30?,31?,35-;/m0./s1. The SMILES string of the molecule is Cc1nc(C(=O)NC2CCC(N(C)C)CC2)ccc1-c1ccc(C[C@@H](C(N)=O)N(C(=O)C2CCC(CN)CC2)c2ccc(-c3nn[nH]n3)cc2)cc1.Cl. The van der Waals surface area contributed by atoms with Gasteiger partial charge in [-0.1, -0.05) is 30.3 Å². The fraction of sp³-hybridized carbons (Fsp3) is 0.462. The Kier molecular flexibility index (Phi) is 13.3. The van der Waals surface area contributed by atoms with Crippen molar-refractivity contribution in [3.8, 4) is 22.5 Å². The number of nitrogens with two attached hydrogens (primary N) is 2. The van der Waals surface area contributed by atoms with Gasteiger partial charge in [-0.05, 0) is 132 Å². The molecular weight excluding hydrogens is 692 g/mol. The number of carbonyl (C=O) groups excluding carboxylic acids is 3. The molecule has 1 atom stereocenters. The number of nitrogens with zero attached hydrogens (tertiary/aromatic N) is 6. The fourth-order valence-corrected chi connectivity index (χ4v) is 7.71. The van der Waals surface area contributed by atoms with Gasteiger partial charge in [-0.2, -0.15) is 5.21 Å². The molecule has 282 valence electrons. The van der Waals surface area contributed by atoms with Crippen molar-refractivity contribution >= 4 is 35.8 Å². The molecule has 3 amide bonds. The number of benzene rings is 2. The Morgan fingerprint density at radius 1 is 0.887 bits per heavy atom. The number of primary amides is 1. The predicted octanol–water partition coefficient (Wildman–Crippen LogP) is 4.46. The molecule has 2 saturated carbocycles. The summed E-state index contributed by atoms with van der Waals surface area (Å²) < 4.78 is 0. The van der Waals surface area contributed by atoms with E-state index >= 15 is 0 Å². The summed E-state index contributed by atoms with van der Waals surface area (Å²) in [5, 5.41) is 17.3. The van der Waals surface area contributed by atoms with Crippen LogP contribution in [-0.2, 0) is 16.0 Å². The van der Waals surface area contributed by atoms with E-state index in [1.807, 2.05) is 37.3 Å². The topological polar surface area (TPSA) is 189 Å². The molecule has 2 fully saturated rings. The first-order valence-corrected chi connectivity index (χ1v) is 18.3. The molecule has 2 aliphatic carbocycles. The quantitative estimate of drug-likeness (QED) is 0.163. The first-order valence-electron chi connectivity index (χ1n) is 18.3. The molecule has 0 bridgehead atoms. The van der Waals surface area contributed by atoms with Crippen LogP contribution in [0.2, 0.25) is 0 Å². The van der Waals surface area contributed by atoms with Gasteiger partial charge in [0.1, 0.15) is 11.7 Å². The minimum absolute atomic E-state index is 0. The van der Waals surface area contributed by atoms with Gasteiger partial charge in [0.15, 0.2) is 0 Å². The Hall–Kier alpha value is -4.72. The summed E-state index contributed by atoms with van der Waals surface area (Å²) >= 11 is 0. The lowest BCUT2D eigenvalue weighted by Gasteiger charge is -2.35. The molecular formula is C39H51ClN10O3. The van der Waals surface area contributed by atoms with Crippen LogP contribution in [0.5, 0.6) is 0 Å². The number of aryl methyl sites for hydroxylation is 1. The normalized spacial score (nSPS) is 20.6. The molecule has 6 N–H and O–H groups in total. The summed E-state index contributed by atoms with van der Waals surface area (Å²) in [5.74, 6) is -0.251. The molecule has 0 unspecified atom stereocenters. The first-order chi connectivity index (χ1) is 25.1. The Balaban J connectivity index is 0.00000541. The lowest BCUT2D eigenvalue weighted by atomic mass is 9.81. The number of rotatable bonds is 12. The summed E-state index contributed by atoms with van der Waals surface area (Å²) in [6.07, 6.45) is 7.47. The molecule has 14 heteroatoms. The number of carbonyl (C=O) groups is 3. The minimum Gasteiger partial charge on any atom is -0.368 e. The number of pyridine rings is 1. The highest BCUT2D eigenvalue weighted by Gasteiger charge is 2.36. The van der Waals surface area contributed by atoms with E-state index < -0.39 is 11.9 Å². The number of anilines is 1. The monoisotopic (exact) mass is 742 g/mol. The van der Waals surface area contributed by atoms with Gasteiger partial charge in [0, 0.05) is 46.9 Å². The maximum atomic E-state index is 14.3. The fourth-order valence-electron chi connectivity index (χ4n) is 7.71. The molecule has 2 aromatic carbocycles. The third-order valence-corrected chi connectivity index (χ3v) is 10.9. The third-order valence-electron chi connectivity index (χ3n) is 10.9. The third kappa shape index (κ3) is 9.45. The molecule has 0 radical (unpaired) electrons. The van der Waals surface area contributed by atoms with Gasteiger partial charge >= 0.3 is 0 Å². The maximum absolute atomic E-state index is 14.3. The van der Waals surface area contributed by atoms with E-state index in [0.29, 0.717) is 48.6 Å². The van der Waals surface area contributed by atoms with Crippen molar-refractivity contribution in [3.05, 3.63) is 77.6 Å². The lowest BCUT2D eigenvalue weighted by Crippen LogP contribution is -2.52. The lowest BCUT2D eigenvalue weighted by molar-refractivity contribution is -0.127. The number of tetrazole rings is 1. The molecule has 53 heavy (non-hydrogen) atoms. The van der Waals surface area contributed by atoms with Gasteiger partial charge in [0.2, 0.25) is 17.6 Å². The van der Waals surface area contributed by atoms with Gasteiger partial charge in [0.05, 0.1) is 0 Å². The van der Waals surface area contributed by atoms with Crippen LogP contribution in [0.25, 0.3) is 22.5 Å². The molecule has 0 aliphatic heterocycles. The summed E-state index contributed by atoms with van der Waals surface area (Å²) in [6.45, 7) is 2.51. The number of halogens is 1. The van der Waals surface area contributed by atoms with E-state index in [1.165, 1.54) is 0 Å². The van der Waals surface area contributed by atoms with Gasteiger partial charge in [-0.15, -0.1) is 22.6 Å². The molecule has 4 aromatic rings. The highest BCUT2D eigenvalue weighted by molar-refractivity contribution is 6.02. The van der Waals surface area contributed by atoms with Crippen LogP contribution >= 0.6 is 12.4 Å². The van der Waals surface area contributed by atoms with Crippen LogP contribution in [0.3, 0.4) is 0 Å². The molecule has 6 rings (SSSR count). The number of hydrogen-bond acceptors (Lipinski definition) is 9. The molecule has 2 aromatic heterocycles. The Bertz CT molecular complexity index is 1820. The molecule has 0 spiro atoms. The van der Waals surface area contributed by atoms with Crippen molar-refractivity contribution in [1.29, 1.82) is 0 Å². The molecule has 0 saturated heterocycles. The number of amides is 3. The highest BCUT2D eigenvalue weighted by atomic mass is 35.5. The van der Waals surface area contributed by atoms with E-state index in [2.05, 4.69) is 49.9 Å². The van der Waals surface area contributed by atoms with Crippen molar-refractivity contribution in [2.45, 2.75) is 82.8 Å². The van der Waals surface area contributed by atoms with E-state index in [4.69, 9.17) is 11.5 Å². The summed E-state index contributed by atoms with van der Waals surface area (Å²) in [5.41, 5.74) is 17.1. The maximum Gasteiger partial charge on any atom is 0.270 e. The number of aromatic amines is 1. The summed E-state index contributed by atoms with van der Waals surface area (Å²) in [7, 11) is 4.22. The van der Waals surface area contributed by atoms with Crippen LogP contribution < -0.4 is 21.7 Å². The summed E-state index contributed by atoms with van der Waals surface area (Å²) in [6, 6.07) is 18.6. The summed E-state index contributed by atoms with van der Waals surface area (Å²) in [4.78, 5) is 49.0. The minimum atomic E-state index is -0.916. The second-order valence-corrected chi connectivity index (χ2v) is 14.5. The molecule has 13 nitrogen and oxygen atoms in total. The Morgan fingerprint density at radius 3 is 2.11 bits per heavy atom. The average molecular weight is 743 g/mol. The van der Waals surface area contributed by atoms with Gasteiger partial charge in [-0.3, -0.25) is 19.3 Å². The van der Waals surface area contributed by atoms with Gasteiger partial charge in [0.25, 0.3) is 5.91 Å². The molecule has 2 heterocycles. The van der Waals surface area contributed by atoms with Crippen molar-refractivity contribution < 1.29 is 14.4 Å². The van der Waals surface area contributed by atoms with Crippen LogP contribution in [-0.4, -0.2) is 87.0 Å². The zero-order valence-electron chi connectivity index (χ0n) is 30.7.